The third kappa shape index (κ3) is 3.05. The first-order chi connectivity index (χ1) is 10.3. The Balaban J connectivity index is 1.88. The highest BCUT2D eigenvalue weighted by atomic mass is 32.1. The Morgan fingerprint density at radius 3 is 2.52 bits per heavy atom. The molecule has 108 valence electrons. The zero-order valence-corrected chi connectivity index (χ0v) is 12.6. The topological polar surface area (TPSA) is 32.3 Å². The minimum absolute atomic E-state index is 0.177. The second kappa shape index (κ2) is 6.22. The molecule has 1 aliphatic rings. The van der Waals surface area contributed by atoms with Gasteiger partial charge in [0.05, 0.1) is 11.4 Å². The fourth-order valence-corrected chi connectivity index (χ4v) is 2.87. The maximum Gasteiger partial charge on any atom is 0.227 e. The van der Waals surface area contributed by atoms with Gasteiger partial charge in [0.2, 0.25) is 5.91 Å². The molecule has 1 atom stereocenters. The molecule has 0 aromatic heterocycles. The fraction of sp³-hybridized carbons (Fsp3) is 0.235. The minimum atomic E-state index is 0.177. The van der Waals surface area contributed by atoms with Crippen molar-refractivity contribution in [2.24, 2.45) is 5.92 Å². The number of hydrogen-bond acceptors (Lipinski definition) is 3. The molecule has 1 N–H and O–H groups in total. The second-order valence-electron chi connectivity index (χ2n) is 5.27. The summed E-state index contributed by atoms with van der Waals surface area (Å²) >= 11 is 4.32. The summed E-state index contributed by atoms with van der Waals surface area (Å²) in [5.74, 6) is 1.26. The van der Waals surface area contributed by atoms with Gasteiger partial charge in [-0.05, 0) is 35.9 Å². The first-order valence-corrected chi connectivity index (χ1v) is 7.73. The number of nitrogens with zero attached hydrogens (tertiary/aromatic N) is 1. The summed E-state index contributed by atoms with van der Waals surface area (Å²) in [6, 6.07) is 17.9. The molecule has 3 rings (SSSR count). The van der Waals surface area contributed by atoms with E-state index in [9.17, 15) is 4.79 Å². The lowest BCUT2D eigenvalue weighted by atomic mass is 10.1. The van der Waals surface area contributed by atoms with E-state index in [-0.39, 0.29) is 5.91 Å². The van der Waals surface area contributed by atoms with Crippen LogP contribution in [-0.4, -0.2) is 18.2 Å². The van der Waals surface area contributed by atoms with Crippen LogP contribution in [0.5, 0.6) is 0 Å². The van der Waals surface area contributed by atoms with Crippen molar-refractivity contribution in [1.29, 1.82) is 0 Å². The molecule has 0 saturated carbocycles. The van der Waals surface area contributed by atoms with Crippen LogP contribution in [0.25, 0.3) is 0 Å². The fourth-order valence-electron chi connectivity index (χ4n) is 2.63. The molecule has 1 heterocycles. The number of benzene rings is 2. The van der Waals surface area contributed by atoms with Crippen LogP contribution < -0.4 is 10.2 Å². The summed E-state index contributed by atoms with van der Waals surface area (Å²) in [6.45, 7) is 0.746. The van der Waals surface area contributed by atoms with Crippen molar-refractivity contribution in [3.05, 3.63) is 54.6 Å². The third-order valence-electron chi connectivity index (χ3n) is 3.71. The van der Waals surface area contributed by atoms with Gasteiger partial charge in [0, 0.05) is 18.7 Å². The SMILES string of the molecule is O=C1CC(CS)CN1c1ccccc1Nc1ccccc1. The summed E-state index contributed by atoms with van der Waals surface area (Å²) in [7, 11) is 0. The molecule has 2 aromatic rings. The van der Waals surface area contributed by atoms with Gasteiger partial charge in [-0.2, -0.15) is 12.6 Å². The summed E-state index contributed by atoms with van der Waals surface area (Å²) in [6.07, 6.45) is 0.586. The Morgan fingerprint density at radius 2 is 1.81 bits per heavy atom. The van der Waals surface area contributed by atoms with Gasteiger partial charge >= 0.3 is 0 Å². The third-order valence-corrected chi connectivity index (χ3v) is 4.23. The number of nitrogens with one attached hydrogen (secondary N) is 1. The monoisotopic (exact) mass is 298 g/mol. The highest BCUT2D eigenvalue weighted by Crippen LogP contribution is 2.33. The van der Waals surface area contributed by atoms with E-state index in [0.29, 0.717) is 12.3 Å². The molecule has 4 heteroatoms. The number of anilines is 3. The Labute approximate surface area is 130 Å². The highest BCUT2D eigenvalue weighted by molar-refractivity contribution is 7.80. The van der Waals surface area contributed by atoms with E-state index >= 15 is 0 Å². The molecular formula is C17H18N2OS. The highest BCUT2D eigenvalue weighted by Gasteiger charge is 2.30. The van der Waals surface area contributed by atoms with Gasteiger partial charge in [0.25, 0.3) is 0 Å². The largest absolute Gasteiger partial charge is 0.354 e. The van der Waals surface area contributed by atoms with Gasteiger partial charge in [-0.3, -0.25) is 4.79 Å². The lowest BCUT2D eigenvalue weighted by molar-refractivity contribution is -0.117. The number of para-hydroxylation sites is 3. The molecule has 21 heavy (non-hydrogen) atoms. The molecule has 1 saturated heterocycles. The van der Waals surface area contributed by atoms with Crippen LogP contribution in [-0.2, 0) is 4.79 Å². The molecule has 3 nitrogen and oxygen atoms in total. The van der Waals surface area contributed by atoms with Crippen LogP contribution in [0.15, 0.2) is 54.6 Å². The number of rotatable bonds is 4. The van der Waals surface area contributed by atoms with E-state index in [0.717, 1.165) is 29.4 Å². The van der Waals surface area contributed by atoms with Crippen molar-refractivity contribution in [2.45, 2.75) is 6.42 Å². The van der Waals surface area contributed by atoms with Gasteiger partial charge in [-0.25, -0.2) is 0 Å². The Morgan fingerprint density at radius 1 is 1.10 bits per heavy atom. The lowest BCUT2D eigenvalue weighted by Gasteiger charge is -2.21. The first kappa shape index (κ1) is 14.0. The van der Waals surface area contributed by atoms with Gasteiger partial charge in [-0.1, -0.05) is 30.3 Å². The van der Waals surface area contributed by atoms with E-state index < -0.39 is 0 Å². The summed E-state index contributed by atoms with van der Waals surface area (Å²) in [5.41, 5.74) is 2.91. The zero-order chi connectivity index (χ0) is 14.7. The molecule has 1 fully saturated rings. The molecule has 1 aliphatic heterocycles. The van der Waals surface area contributed by atoms with Crippen LogP contribution in [0.1, 0.15) is 6.42 Å². The second-order valence-corrected chi connectivity index (χ2v) is 5.63. The van der Waals surface area contributed by atoms with E-state index in [1.807, 2.05) is 59.5 Å². The van der Waals surface area contributed by atoms with E-state index in [1.54, 1.807) is 0 Å². The number of thiol groups is 1. The average molecular weight is 298 g/mol. The maximum atomic E-state index is 12.2. The van der Waals surface area contributed by atoms with E-state index in [1.165, 1.54) is 0 Å². The normalized spacial score (nSPS) is 18.0. The lowest BCUT2D eigenvalue weighted by Crippen LogP contribution is -2.25. The molecule has 0 spiro atoms. The number of amides is 1. The quantitative estimate of drug-likeness (QED) is 0.843. The molecule has 1 amide bonds. The summed E-state index contributed by atoms with van der Waals surface area (Å²) < 4.78 is 0. The van der Waals surface area contributed by atoms with Crippen molar-refractivity contribution in [1.82, 2.24) is 0 Å². The molecule has 2 aromatic carbocycles. The van der Waals surface area contributed by atoms with Crippen molar-refractivity contribution >= 4 is 35.6 Å². The average Bonchev–Trinajstić information content (AvgIpc) is 2.90. The zero-order valence-electron chi connectivity index (χ0n) is 11.7. The maximum absolute atomic E-state index is 12.2. The first-order valence-electron chi connectivity index (χ1n) is 7.10. The number of hydrogen-bond donors (Lipinski definition) is 2. The van der Waals surface area contributed by atoms with Crippen LogP contribution >= 0.6 is 12.6 Å². The van der Waals surface area contributed by atoms with Gasteiger partial charge in [-0.15, -0.1) is 0 Å². The molecular weight excluding hydrogens is 280 g/mol. The standard InChI is InChI=1S/C17H18N2OS/c20-17-10-13(12-21)11-19(17)16-9-5-4-8-15(16)18-14-6-2-1-3-7-14/h1-9,13,18,21H,10-12H2. The predicted octanol–water partition coefficient (Wildman–Crippen LogP) is 3.71. The van der Waals surface area contributed by atoms with E-state index in [4.69, 9.17) is 0 Å². The Hall–Kier alpha value is -1.94. The molecule has 0 aliphatic carbocycles. The van der Waals surface area contributed by atoms with Gasteiger partial charge < -0.3 is 10.2 Å². The molecule has 1 unspecified atom stereocenters. The van der Waals surface area contributed by atoms with Crippen LogP contribution in [0.3, 0.4) is 0 Å². The van der Waals surface area contributed by atoms with Gasteiger partial charge in [0.15, 0.2) is 0 Å². The number of carbonyl (C=O) groups is 1. The van der Waals surface area contributed by atoms with Crippen LogP contribution in [0.2, 0.25) is 0 Å². The number of carbonyl (C=O) groups excluding carboxylic acids is 1. The predicted molar refractivity (Wildman–Crippen MR) is 90.5 cm³/mol. The van der Waals surface area contributed by atoms with Crippen LogP contribution in [0, 0.1) is 5.92 Å². The van der Waals surface area contributed by atoms with E-state index in [2.05, 4.69) is 17.9 Å². The van der Waals surface area contributed by atoms with Gasteiger partial charge in [0.1, 0.15) is 0 Å². The summed E-state index contributed by atoms with van der Waals surface area (Å²) in [4.78, 5) is 14.1. The minimum Gasteiger partial charge on any atom is -0.354 e. The molecule has 0 radical (unpaired) electrons. The Kier molecular flexibility index (Phi) is 4.15. The van der Waals surface area contributed by atoms with Crippen molar-refractivity contribution in [3.63, 3.8) is 0 Å². The van der Waals surface area contributed by atoms with Crippen molar-refractivity contribution in [2.75, 3.05) is 22.5 Å². The van der Waals surface area contributed by atoms with Crippen LogP contribution in [0.4, 0.5) is 17.1 Å². The Bertz CT molecular complexity index is 630. The molecule has 0 bridgehead atoms. The smallest absolute Gasteiger partial charge is 0.227 e. The van der Waals surface area contributed by atoms with Crippen molar-refractivity contribution in [3.8, 4) is 0 Å². The van der Waals surface area contributed by atoms with Crippen molar-refractivity contribution < 1.29 is 4.79 Å². The summed E-state index contributed by atoms with van der Waals surface area (Å²) in [5, 5.41) is 3.39.